The molecule has 124 valence electrons. The predicted octanol–water partition coefficient (Wildman–Crippen LogP) is 4.71. The molecule has 0 radical (unpaired) electrons. The first-order chi connectivity index (χ1) is 10.6. The summed E-state index contributed by atoms with van der Waals surface area (Å²) in [6.45, 7) is 9.58. The zero-order chi connectivity index (χ0) is 15.9. The maximum Gasteiger partial charge on any atom is 0.0875 e. The largest absolute Gasteiger partial charge is 0.371 e. The maximum atomic E-state index is 6.71. The van der Waals surface area contributed by atoms with Crippen LogP contribution < -0.4 is 0 Å². The summed E-state index contributed by atoms with van der Waals surface area (Å²) in [4.78, 5) is 2.51. The van der Waals surface area contributed by atoms with E-state index < -0.39 is 0 Å². The third-order valence-electron chi connectivity index (χ3n) is 4.39. The topological polar surface area (TPSA) is 12.5 Å². The fourth-order valence-electron chi connectivity index (χ4n) is 3.14. The first-order valence-electron chi connectivity index (χ1n) is 8.65. The van der Waals surface area contributed by atoms with Gasteiger partial charge in [-0.3, -0.25) is 4.90 Å². The predicted molar refractivity (Wildman–Crippen MR) is 94.4 cm³/mol. The van der Waals surface area contributed by atoms with Crippen LogP contribution in [-0.4, -0.2) is 35.5 Å². The van der Waals surface area contributed by atoms with Crippen LogP contribution >= 0.6 is 11.6 Å². The number of likely N-dealkylation sites (tertiary alicyclic amines) is 1. The summed E-state index contributed by atoms with van der Waals surface area (Å²) in [5.41, 5.74) is 1.24. The number of hydrogen-bond donors (Lipinski definition) is 0. The molecule has 0 amide bonds. The standard InChI is InChI=1S/C19H30ClNO/c1-4-5-11-21-13-18(19(21)17(20)12-15(2)3)22-14-16-9-7-6-8-10-16/h6-10,15,17-19H,4-5,11-14H2,1-3H3/t17-,18+,19+/m0/s1. The van der Waals surface area contributed by atoms with E-state index in [1.807, 2.05) is 6.07 Å². The molecule has 1 aromatic rings. The Morgan fingerprint density at radius 3 is 2.64 bits per heavy atom. The normalized spacial score (nSPS) is 23.5. The van der Waals surface area contributed by atoms with Crippen molar-refractivity contribution in [3.05, 3.63) is 35.9 Å². The summed E-state index contributed by atoms with van der Waals surface area (Å²) in [7, 11) is 0. The van der Waals surface area contributed by atoms with Gasteiger partial charge in [-0.25, -0.2) is 0 Å². The Bertz CT molecular complexity index is 423. The lowest BCUT2D eigenvalue weighted by Gasteiger charge is -2.50. The fraction of sp³-hybridized carbons (Fsp3) is 0.684. The molecule has 22 heavy (non-hydrogen) atoms. The van der Waals surface area contributed by atoms with E-state index in [0.29, 0.717) is 18.6 Å². The van der Waals surface area contributed by atoms with Gasteiger partial charge in [0.05, 0.1) is 24.1 Å². The molecule has 1 saturated heterocycles. The summed E-state index contributed by atoms with van der Waals surface area (Å²) < 4.78 is 6.16. The minimum atomic E-state index is 0.186. The third kappa shape index (κ3) is 4.97. The molecule has 0 aliphatic carbocycles. The van der Waals surface area contributed by atoms with Gasteiger partial charge >= 0.3 is 0 Å². The molecule has 1 aliphatic rings. The highest BCUT2D eigenvalue weighted by atomic mass is 35.5. The molecule has 0 saturated carbocycles. The fourth-order valence-corrected chi connectivity index (χ4v) is 3.82. The second kappa shape index (κ2) is 8.90. The number of alkyl halides is 1. The van der Waals surface area contributed by atoms with E-state index in [2.05, 4.69) is 49.9 Å². The quantitative estimate of drug-likeness (QED) is 0.610. The molecule has 0 N–H and O–H groups in total. The van der Waals surface area contributed by atoms with Crippen molar-refractivity contribution >= 4 is 11.6 Å². The Labute approximate surface area is 140 Å². The SMILES string of the molecule is CCCCN1C[C@@H](OCc2ccccc2)[C@H]1[C@@H](Cl)CC(C)C. The van der Waals surface area contributed by atoms with Gasteiger partial charge in [-0.05, 0) is 30.9 Å². The summed E-state index contributed by atoms with van der Waals surface area (Å²) in [5.74, 6) is 0.630. The van der Waals surface area contributed by atoms with Crippen LogP contribution in [0.4, 0.5) is 0 Å². The van der Waals surface area contributed by atoms with Crippen molar-refractivity contribution in [1.82, 2.24) is 4.90 Å². The number of hydrogen-bond acceptors (Lipinski definition) is 2. The summed E-state index contributed by atoms with van der Waals surface area (Å²) in [5, 5.41) is 0.186. The Kier molecular flexibility index (Phi) is 7.20. The van der Waals surface area contributed by atoms with Crippen LogP contribution in [0.1, 0.15) is 45.6 Å². The highest BCUT2D eigenvalue weighted by Gasteiger charge is 2.43. The van der Waals surface area contributed by atoms with Gasteiger partial charge in [0.25, 0.3) is 0 Å². The molecular formula is C19H30ClNO. The van der Waals surface area contributed by atoms with E-state index in [0.717, 1.165) is 19.5 Å². The Morgan fingerprint density at radius 2 is 2.00 bits per heavy atom. The Balaban J connectivity index is 1.88. The lowest BCUT2D eigenvalue weighted by atomic mass is 9.90. The van der Waals surface area contributed by atoms with Crippen LogP contribution in [-0.2, 0) is 11.3 Å². The van der Waals surface area contributed by atoms with Crippen LogP contribution in [0.5, 0.6) is 0 Å². The molecule has 2 nitrogen and oxygen atoms in total. The molecule has 3 atom stereocenters. The highest BCUT2D eigenvalue weighted by Crippen LogP contribution is 2.31. The van der Waals surface area contributed by atoms with Gasteiger partial charge in [0, 0.05) is 6.54 Å². The molecular weight excluding hydrogens is 294 g/mol. The van der Waals surface area contributed by atoms with E-state index in [9.17, 15) is 0 Å². The zero-order valence-corrected chi connectivity index (χ0v) is 14.9. The molecule has 2 rings (SSSR count). The minimum Gasteiger partial charge on any atom is -0.371 e. The molecule has 3 heteroatoms. The molecule has 1 heterocycles. The second-order valence-corrected chi connectivity index (χ2v) is 7.38. The van der Waals surface area contributed by atoms with Gasteiger partial charge in [-0.2, -0.15) is 0 Å². The van der Waals surface area contributed by atoms with Crippen molar-refractivity contribution in [3.63, 3.8) is 0 Å². The van der Waals surface area contributed by atoms with Crippen molar-refractivity contribution in [2.45, 2.75) is 64.2 Å². The molecule has 1 aromatic carbocycles. The van der Waals surface area contributed by atoms with E-state index in [1.165, 1.54) is 18.4 Å². The van der Waals surface area contributed by atoms with E-state index in [-0.39, 0.29) is 11.5 Å². The van der Waals surface area contributed by atoms with Gasteiger partial charge in [0.2, 0.25) is 0 Å². The smallest absolute Gasteiger partial charge is 0.0875 e. The number of halogens is 1. The van der Waals surface area contributed by atoms with Crippen LogP contribution in [0.2, 0.25) is 0 Å². The van der Waals surface area contributed by atoms with Crippen molar-refractivity contribution in [3.8, 4) is 0 Å². The molecule has 0 spiro atoms. The van der Waals surface area contributed by atoms with E-state index in [1.54, 1.807) is 0 Å². The van der Waals surface area contributed by atoms with E-state index in [4.69, 9.17) is 16.3 Å². The van der Waals surface area contributed by atoms with Gasteiger partial charge in [-0.15, -0.1) is 11.6 Å². The average Bonchev–Trinajstić information content (AvgIpc) is 2.45. The summed E-state index contributed by atoms with van der Waals surface area (Å²) in [6, 6.07) is 10.8. The van der Waals surface area contributed by atoms with Crippen molar-refractivity contribution in [1.29, 1.82) is 0 Å². The monoisotopic (exact) mass is 323 g/mol. The van der Waals surface area contributed by atoms with E-state index >= 15 is 0 Å². The Morgan fingerprint density at radius 1 is 1.27 bits per heavy atom. The van der Waals surface area contributed by atoms with Crippen LogP contribution in [0, 0.1) is 5.92 Å². The summed E-state index contributed by atoms with van der Waals surface area (Å²) in [6.07, 6.45) is 3.81. The molecule has 0 bridgehead atoms. The lowest BCUT2D eigenvalue weighted by molar-refractivity contribution is -0.113. The number of ether oxygens (including phenoxy) is 1. The van der Waals surface area contributed by atoms with Gasteiger partial charge in [-0.1, -0.05) is 57.5 Å². The van der Waals surface area contributed by atoms with Gasteiger partial charge in [0.15, 0.2) is 0 Å². The molecule has 0 unspecified atom stereocenters. The van der Waals surface area contributed by atoms with Gasteiger partial charge < -0.3 is 4.74 Å². The first kappa shape index (κ1) is 17.8. The number of unbranched alkanes of at least 4 members (excludes halogenated alkanes) is 1. The third-order valence-corrected chi connectivity index (χ3v) is 4.83. The first-order valence-corrected chi connectivity index (χ1v) is 9.09. The maximum absolute atomic E-state index is 6.71. The zero-order valence-electron chi connectivity index (χ0n) is 14.2. The molecule has 1 aliphatic heterocycles. The number of benzene rings is 1. The van der Waals surface area contributed by atoms with Gasteiger partial charge in [0.1, 0.15) is 0 Å². The number of nitrogens with zero attached hydrogens (tertiary/aromatic N) is 1. The van der Waals surface area contributed by atoms with Crippen molar-refractivity contribution in [2.24, 2.45) is 5.92 Å². The Hall–Kier alpha value is -0.570. The minimum absolute atomic E-state index is 0.186. The average molecular weight is 324 g/mol. The lowest BCUT2D eigenvalue weighted by Crippen LogP contribution is -2.64. The highest BCUT2D eigenvalue weighted by molar-refractivity contribution is 6.21. The van der Waals surface area contributed by atoms with Crippen molar-refractivity contribution in [2.75, 3.05) is 13.1 Å². The van der Waals surface area contributed by atoms with Crippen LogP contribution in [0.15, 0.2) is 30.3 Å². The molecule has 0 aromatic heterocycles. The number of rotatable bonds is 9. The van der Waals surface area contributed by atoms with Crippen LogP contribution in [0.25, 0.3) is 0 Å². The second-order valence-electron chi connectivity index (χ2n) is 6.82. The summed E-state index contributed by atoms with van der Waals surface area (Å²) >= 11 is 6.71. The van der Waals surface area contributed by atoms with Crippen LogP contribution in [0.3, 0.4) is 0 Å². The molecule has 1 fully saturated rings. The van der Waals surface area contributed by atoms with Crippen molar-refractivity contribution < 1.29 is 4.74 Å².